The largest absolute Gasteiger partial charge is 0.387 e. The van der Waals surface area contributed by atoms with Gasteiger partial charge in [-0.1, -0.05) is 0 Å². The van der Waals surface area contributed by atoms with Gasteiger partial charge in [-0.3, -0.25) is 4.79 Å². The van der Waals surface area contributed by atoms with E-state index in [9.17, 15) is 53.7 Å². The Bertz CT molecular complexity index is 1750. The minimum atomic E-state index is -5.51. The number of rotatable bonds is 13. The van der Waals surface area contributed by atoms with Crippen molar-refractivity contribution in [2.24, 2.45) is 5.73 Å². The summed E-state index contributed by atoms with van der Waals surface area (Å²) in [5, 5.41) is 31.6. The standard InChI is InChI=1S/C21H30N7O17P3/c22-17-12-19(25-7-24-17)28(8-26-12)21-16(44-46(33,34)35)14(30)11(43-21)6-41-48(38,39)45-47(36,37)40-5-10-13(29)15(31)20(42-10)27-3-1-2-9(4-27)18(23)32/h1-4,7-8,10-11,13-16,20-21,29-31,33-35,46H,5-6H2,(H5-,22,23,24,25,32,36,37,38,39)/p+1. The van der Waals surface area contributed by atoms with Gasteiger partial charge in [0.05, 0.1) is 0 Å². The van der Waals surface area contributed by atoms with E-state index >= 15 is 0 Å². The molecule has 2 fully saturated rings. The Morgan fingerprint density at radius 2 is 1.65 bits per heavy atom. The number of ether oxygens (including phenoxy) is 2. The summed E-state index contributed by atoms with van der Waals surface area (Å²) in [6, 6.07) is 2.80. The number of phosphoric ester groups is 2. The Balaban J connectivity index is 1.21. The number of carbonyl (C=O) groups excluding carboxylic acids is 1. The van der Waals surface area contributed by atoms with E-state index in [4.69, 9.17) is 30.0 Å². The molecule has 0 bridgehead atoms. The summed E-state index contributed by atoms with van der Waals surface area (Å²) in [4.78, 5) is 72.0. The number of phosphoric acid groups is 2. The third-order valence-corrected chi connectivity index (χ3v) is 10.2. The number of pyridine rings is 1. The number of nitrogen functional groups attached to an aromatic ring is 1. The molecule has 5 rings (SSSR count). The Hall–Kier alpha value is -2.70. The number of hydrogen-bond donors (Lipinski definition) is 10. The fourth-order valence-corrected chi connectivity index (χ4v) is 7.58. The minimum absolute atomic E-state index is 0.0264. The first-order valence-corrected chi connectivity index (χ1v) is 18.2. The molecule has 48 heavy (non-hydrogen) atoms. The van der Waals surface area contributed by atoms with Crippen LogP contribution < -0.4 is 16.0 Å². The summed E-state index contributed by atoms with van der Waals surface area (Å²) in [7, 11) is -16.3. The van der Waals surface area contributed by atoms with Crippen LogP contribution in [0, 0.1) is 0 Å². The molecule has 1 amide bonds. The van der Waals surface area contributed by atoms with Crippen molar-refractivity contribution in [3.05, 3.63) is 42.7 Å². The molecule has 10 unspecified atom stereocenters. The average Bonchev–Trinajstić information content (AvgIpc) is 3.64. The molecule has 0 spiro atoms. The molecule has 266 valence electrons. The fraction of sp³-hybridized carbons (Fsp3) is 0.476. The van der Waals surface area contributed by atoms with Gasteiger partial charge in [-0.15, -0.1) is 0 Å². The van der Waals surface area contributed by atoms with Crippen LogP contribution in [-0.4, -0.2) is 115 Å². The second kappa shape index (κ2) is 13.9. The number of fused-ring (bicyclic) bond motifs is 1. The molecule has 5 heterocycles. The van der Waals surface area contributed by atoms with Gasteiger partial charge in [0, 0.05) is 6.07 Å². The van der Waals surface area contributed by atoms with Crippen molar-refractivity contribution >= 4 is 46.7 Å². The van der Waals surface area contributed by atoms with Gasteiger partial charge in [0.15, 0.2) is 18.5 Å². The molecule has 0 aromatic carbocycles. The van der Waals surface area contributed by atoms with E-state index in [0.29, 0.717) is 0 Å². The molecule has 0 saturated carbocycles. The number of aliphatic hydroxyl groups excluding tert-OH is 3. The Kier molecular flexibility index (Phi) is 10.6. The number of nitrogens with zero attached hydrogens (tertiary/aromatic N) is 5. The third-order valence-electron chi connectivity index (χ3n) is 7.02. The number of primary amides is 1. The van der Waals surface area contributed by atoms with Crippen LogP contribution in [0.15, 0.2) is 37.2 Å². The van der Waals surface area contributed by atoms with E-state index in [1.807, 2.05) is 0 Å². The Morgan fingerprint density at radius 3 is 2.27 bits per heavy atom. The fourth-order valence-electron chi connectivity index (χ4n) is 4.87. The van der Waals surface area contributed by atoms with Gasteiger partial charge in [-0.05, 0) is 6.07 Å². The molecule has 3 aromatic rings. The number of carbonyl (C=O) groups is 1. The number of anilines is 1. The van der Waals surface area contributed by atoms with Gasteiger partial charge in [0.1, 0.15) is 11.7 Å². The van der Waals surface area contributed by atoms with Crippen LogP contribution in [0.1, 0.15) is 22.8 Å². The molecular weight excluding hydrogens is 715 g/mol. The van der Waals surface area contributed by atoms with Gasteiger partial charge >= 0.3 is 184 Å². The van der Waals surface area contributed by atoms with Crippen molar-refractivity contribution in [3.8, 4) is 0 Å². The van der Waals surface area contributed by atoms with Crippen LogP contribution in [0.5, 0.6) is 0 Å². The second-order valence-electron chi connectivity index (χ2n) is 10.4. The number of amides is 1. The molecule has 10 atom stereocenters. The quantitative estimate of drug-likeness (QED) is 0.0596. The van der Waals surface area contributed by atoms with Crippen LogP contribution in [-0.2, 0) is 36.5 Å². The van der Waals surface area contributed by atoms with E-state index in [1.54, 1.807) is 0 Å². The summed E-state index contributed by atoms with van der Waals surface area (Å²) in [6.07, 6.45) is -8.12. The van der Waals surface area contributed by atoms with E-state index < -0.39 is 92.0 Å². The third kappa shape index (κ3) is 8.18. The molecule has 2 aliphatic rings. The van der Waals surface area contributed by atoms with Gasteiger partial charge in [-0.25, -0.2) is 0 Å². The van der Waals surface area contributed by atoms with Crippen molar-refractivity contribution in [3.63, 3.8) is 0 Å². The summed E-state index contributed by atoms with van der Waals surface area (Å²) in [6.45, 7) is -2.00. The molecule has 24 nitrogen and oxygen atoms in total. The topological polar surface area (TPSA) is 368 Å². The SMILES string of the molecule is NC(=O)c1ccc[n+](C2OC(COP(=O)(O)OP(=O)(O)OCC3OC(n4cnc5c(N)ncnc54)C(O[PH](O)(O)O)C3O)C(O)C2O)c1. The summed E-state index contributed by atoms with van der Waals surface area (Å²) in [5.41, 5.74) is 11.2. The summed E-state index contributed by atoms with van der Waals surface area (Å²) < 4.78 is 57.0. The molecular formula is C21H31N7O17P3+. The number of imidazole rings is 1. The minimum Gasteiger partial charge on any atom is -0.387 e. The number of nitrogens with two attached hydrogens (primary N) is 2. The van der Waals surface area contributed by atoms with Crippen LogP contribution in [0.2, 0.25) is 0 Å². The Labute approximate surface area is 268 Å². The summed E-state index contributed by atoms with van der Waals surface area (Å²) in [5.74, 6) is -0.831. The number of aliphatic hydroxyl groups is 3. The van der Waals surface area contributed by atoms with Crippen LogP contribution >= 0.6 is 23.8 Å². The van der Waals surface area contributed by atoms with Crippen molar-refractivity contribution in [1.82, 2.24) is 19.5 Å². The van der Waals surface area contributed by atoms with Crippen molar-refractivity contribution < 1.29 is 85.6 Å². The van der Waals surface area contributed by atoms with Crippen molar-refractivity contribution in [2.75, 3.05) is 18.9 Å². The van der Waals surface area contributed by atoms with Crippen molar-refractivity contribution in [1.29, 1.82) is 0 Å². The first-order valence-electron chi connectivity index (χ1n) is 13.5. The molecule has 12 N–H and O–H groups in total. The predicted octanol–water partition coefficient (Wildman–Crippen LogP) is -3.60. The van der Waals surface area contributed by atoms with E-state index in [0.717, 1.165) is 17.2 Å². The second-order valence-corrected chi connectivity index (χ2v) is 14.8. The zero-order valence-electron chi connectivity index (χ0n) is 24.0. The first kappa shape index (κ1) is 36.6. The maximum Gasteiger partial charge on any atom is 0.184 e. The van der Waals surface area contributed by atoms with E-state index in [1.165, 1.54) is 29.1 Å². The average molecular weight is 746 g/mol. The molecule has 27 heteroatoms. The van der Waals surface area contributed by atoms with E-state index in [-0.39, 0.29) is 22.5 Å². The van der Waals surface area contributed by atoms with Gasteiger partial charge < -0.3 is 20.7 Å². The van der Waals surface area contributed by atoms with Crippen LogP contribution in [0.25, 0.3) is 11.2 Å². The zero-order chi connectivity index (χ0) is 35.2. The number of hydrogen-bond acceptors (Lipinski definition) is 19. The molecule has 0 radical (unpaired) electrons. The van der Waals surface area contributed by atoms with Crippen LogP contribution in [0.4, 0.5) is 5.82 Å². The van der Waals surface area contributed by atoms with Gasteiger partial charge in [0.25, 0.3) is 12.1 Å². The normalized spacial score (nSPS) is 30.7. The van der Waals surface area contributed by atoms with Crippen LogP contribution in [0.3, 0.4) is 0 Å². The monoisotopic (exact) mass is 746 g/mol. The maximum atomic E-state index is 12.6. The van der Waals surface area contributed by atoms with E-state index in [2.05, 4.69) is 23.8 Å². The molecule has 3 aromatic heterocycles. The first-order chi connectivity index (χ1) is 22.4. The predicted molar refractivity (Wildman–Crippen MR) is 153 cm³/mol. The maximum absolute atomic E-state index is 12.6. The molecule has 2 saturated heterocycles. The Morgan fingerprint density at radius 1 is 1.00 bits per heavy atom. The zero-order valence-corrected chi connectivity index (χ0v) is 26.8. The van der Waals surface area contributed by atoms with Gasteiger partial charge in [0.2, 0.25) is 0 Å². The number of aromatic nitrogens is 5. The molecule has 2 aliphatic heterocycles. The summed E-state index contributed by atoms with van der Waals surface area (Å²) >= 11 is 0. The van der Waals surface area contributed by atoms with Crippen molar-refractivity contribution in [2.45, 2.75) is 49.1 Å². The smallest absolute Gasteiger partial charge is 0.184 e. The molecule has 0 aliphatic carbocycles. The van der Waals surface area contributed by atoms with Gasteiger partial charge in [-0.2, -0.15) is 4.57 Å².